The third kappa shape index (κ3) is 1.85. The Morgan fingerprint density at radius 1 is 0.765 bits per heavy atom. The molecule has 0 bridgehead atoms. The fourth-order valence-corrected chi connectivity index (χ4v) is 1.99. The molecule has 1 heterocycles. The van der Waals surface area contributed by atoms with Gasteiger partial charge in [0, 0.05) is 11.8 Å². The molecular weight excluding hydrogens is 210 g/mol. The zero-order chi connectivity index (χ0) is 11.7. The summed E-state index contributed by atoms with van der Waals surface area (Å²) >= 11 is 0. The molecule has 2 nitrogen and oxygen atoms in total. The maximum atomic E-state index is 11.8. The van der Waals surface area contributed by atoms with Gasteiger partial charge in [-0.1, -0.05) is 42.5 Å². The van der Waals surface area contributed by atoms with Crippen molar-refractivity contribution in [2.45, 2.75) is 0 Å². The summed E-state index contributed by atoms with van der Waals surface area (Å²) in [5.41, 5.74) is 1.88. The van der Waals surface area contributed by atoms with Crippen molar-refractivity contribution in [2.24, 2.45) is 0 Å². The maximum Gasteiger partial charge on any atom is 0.249 e. The van der Waals surface area contributed by atoms with Crippen LogP contribution in [0.5, 0.6) is 0 Å². The molecule has 0 fully saturated rings. The normalized spacial score (nSPS) is 17.1. The Balaban J connectivity index is 2.39. The second kappa shape index (κ2) is 3.91. The molecule has 0 radical (unpaired) electrons. The molecule has 0 saturated carbocycles. The van der Waals surface area contributed by atoms with Gasteiger partial charge in [0.25, 0.3) is 0 Å². The number of nitrogens with one attached hydrogen (secondary N) is 1. The SMILES string of the molecule is O=C1/C=c2/cccc/c2=C/c2ccccc2N1. The van der Waals surface area contributed by atoms with E-state index >= 15 is 0 Å². The molecule has 0 aromatic heterocycles. The zero-order valence-corrected chi connectivity index (χ0v) is 9.18. The average molecular weight is 221 g/mol. The molecule has 0 aliphatic carbocycles. The zero-order valence-electron chi connectivity index (χ0n) is 9.18. The van der Waals surface area contributed by atoms with E-state index in [1.807, 2.05) is 48.5 Å². The first-order chi connectivity index (χ1) is 8.33. The van der Waals surface area contributed by atoms with E-state index < -0.39 is 0 Å². The largest absolute Gasteiger partial charge is 0.322 e. The van der Waals surface area contributed by atoms with Crippen molar-refractivity contribution >= 4 is 23.7 Å². The molecule has 2 aromatic rings. The van der Waals surface area contributed by atoms with Gasteiger partial charge in [-0.15, -0.1) is 0 Å². The Labute approximate surface area is 98.9 Å². The van der Waals surface area contributed by atoms with E-state index in [9.17, 15) is 4.79 Å². The highest BCUT2D eigenvalue weighted by molar-refractivity contribution is 6.13. The van der Waals surface area contributed by atoms with Gasteiger partial charge in [0.15, 0.2) is 0 Å². The molecule has 82 valence electrons. The number of fused-ring (bicyclic) bond motifs is 2. The molecule has 0 atom stereocenters. The predicted molar refractivity (Wildman–Crippen MR) is 68.8 cm³/mol. The summed E-state index contributed by atoms with van der Waals surface area (Å²) in [6.07, 6.45) is 3.71. The molecule has 1 amide bonds. The fraction of sp³-hybridized carbons (Fsp3) is 0. The third-order valence-electron chi connectivity index (χ3n) is 2.81. The van der Waals surface area contributed by atoms with Crippen LogP contribution in [0, 0.1) is 0 Å². The van der Waals surface area contributed by atoms with Crippen LogP contribution in [0.4, 0.5) is 5.69 Å². The molecule has 2 aromatic carbocycles. The lowest BCUT2D eigenvalue weighted by atomic mass is 10.1. The lowest BCUT2D eigenvalue weighted by Crippen LogP contribution is -2.28. The quantitative estimate of drug-likeness (QED) is 0.712. The Morgan fingerprint density at radius 2 is 1.41 bits per heavy atom. The van der Waals surface area contributed by atoms with Crippen LogP contribution in [-0.2, 0) is 4.79 Å². The van der Waals surface area contributed by atoms with E-state index in [0.29, 0.717) is 0 Å². The number of hydrogen-bond donors (Lipinski definition) is 1. The number of carbonyl (C=O) groups excluding carboxylic acids is 1. The van der Waals surface area contributed by atoms with E-state index in [2.05, 4.69) is 11.4 Å². The molecule has 3 rings (SSSR count). The highest BCUT2D eigenvalue weighted by Crippen LogP contribution is 2.15. The van der Waals surface area contributed by atoms with Gasteiger partial charge in [-0.3, -0.25) is 4.79 Å². The molecule has 1 aliphatic heterocycles. The van der Waals surface area contributed by atoms with Crippen LogP contribution in [0.2, 0.25) is 0 Å². The van der Waals surface area contributed by atoms with E-state index in [1.165, 1.54) is 0 Å². The van der Waals surface area contributed by atoms with E-state index in [-0.39, 0.29) is 5.91 Å². The van der Waals surface area contributed by atoms with Crippen LogP contribution in [0.3, 0.4) is 0 Å². The van der Waals surface area contributed by atoms with Crippen molar-refractivity contribution in [2.75, 3.05) is 5.32 Å². The van der Waals surface area contributed by atoms with Gasteiger partial charge in [0.2, 0.25) is 5.91 Å². The van der Waals surface area contributed by atoms with Crippen LogP contribution in [0.15, 0.2) is 48.5 Å². The van der Waals surface area contributed by atoms with Gasteiger partial charge in [0.05, 0.1) is 0 Å². The highest BCUT2D eigenvalue weighted by atomic mass is 16.1. The van der Waals surface area contributed by atoms with Crippen molar-refractivity contribution in [3.63, 3.8) is 0 Å². The van der Waals surface area contributed by atoms with Gasteiger partial charge >= 0.3 is 0 Å². The Kier molecular flexibility index (Phi) is 2.26. The first-order valence-electron chi connectivity index (χ1n) is 5.51. The number of hydrogen-bond acceptors (Lipinski definition) is 1. The smallest absolute Gasteiger partial charge is 0.249 e. The topological polar surface area (TPSA) is 29.1 Å². The van der Waals surface area contributed by atoms with E-state index in [1.54, 1.807) is 6.08 Å². The van der Waals surface area contributed by atoms with Crippen LogP contribution in [0.25, 0.3) is 12.2 Å². The molecule has 2 heteroatoms. The third-order valence-corrected chi connectivity index (χ3v) is 2.81. The summed E-state index contributed by atoms with van der Waals surface area (Å²) in [5.74, 6) is -0.0852. The minimum absolute atomic E-state index is 0.0852. The van der Waals surface area contributed by atoms with Gasteiger partial charge in [-0.05, 0) is 28.1 Å². The summed E-state index contributed by atoms with van der Waals surface area (Å²) in [4.78, 5) is 11.8. The summed E-state index contributed by atoms with van der Waals surface area (Å²) in [7, 11) is 0. The monoisotopic (exact) mass is 221 g/mol. The average Bonchev–Trinajstić information content (AvgIpc) is 2.31. The Morgan fingerprint density at radius 3 is 2.24 bits per heavy atom. The van der Waals surface area contributed by atoms with Gasteiger partial charge in [-0.2, -0.15) is 0 Å². The standard InChI is InChI=1S/C15H11NO/c17-15-10-12-6-2-1-5-11(12)9-13-7-3-4-8-14(13)16-15/h1-10H,(H,16,17). The Hall–Kier alpha value is -2.35. The maximum absolute atomic E-state index is 11.8. The van der Waals surface area contributed by atoms with Crippen LogP contribution < -0.4 is 15.8 Å². The molecule has 17 heavy (non-hydrogen) atoms. The van der Waals surface area contributed by atoms with Crippen molar-refractivity contribution < 1.29 is 4.79 Å². The van der Waals surface area contributed by atoms with Gasteiger partial charge in [0.1, 0.15) is 0 Å². The second-order valence-electron chi connectivity index (χ2n) is 3.99. The number of para-hydroxylation sites is 1. The molecule has 0 spiro atoms. The van der Waals surface area contributed by atoms with E-state index in [0.717, 1.165) is 21.7 Å². The first kappa shape index (κ1) is 9.85. The minimum Gasteiger partial charge on any atom is -0.322 e. The fourth-order valence-electron chi connectivity index (χ4n) is 1.99. The van der Waals surface area contributed by atoms with Crippen molar-refractivity contribution in [3.05, 3.63) is 64.5 Å². The number of rotatable bonds is 0. The second-order valence-corrected chi connectivity index (χ2v) is 3.99. The summed E-state index contributed by atoms with van der Waals surface area (Å²) < 4.78 is 0. The molecule has 0 saturated heterocycles. The van der Waals surface area contributed by atoms with Gasteiger partial charge in [-0.25, -0.2) is 0 Å². The number of amides is 1. The first-order valence-corrected chi connectivity index (χ1v) is 5.51. The summed E-state index contributed by atoms with van der Waals surface area (Å²) in [5, 5.41) is 4.89. The predicted octanol–water partition coefficient (Wildman–Crippen LogP) is 1.25. The van der Waals surface area contributed by atoms with Crippen molar-refractivity contribution in [3.8, 4) is 0 Å². The minimum atomic E-state index is -0.0852. The summed E-state index contributed by atoms with van der Waals surface area (Å²) in [6.45, 7) is 0. The highest BCUT2D eigenvalue weighted by Gasteiger charge is 2.05. The Bertz CT molecular complexity index is 701. The molecule has 1 aliphatic rings. The lowest BCUT2D eigenvalue weighted by molar-refractivity contribution is -0.110. The number of benzene rings is 2. The molecule has 0 unspecified atom stereocenters. The van der Waals surface area contributed by atoms with E-state index in [4.69, 9.17) is 0 Å². The van der Waals surface area contributed by atoms with Crippen molar-refractivity contribution in [1.29, 1.82) is 0 Å². The van der Waals surface area contributed by atoms with Crippen LogP contribution >= 0.6 is 0 Å². The number of anilines is 1. The number of carbonyl (C=O) groups is 1. The van der Waals surface area contributed by atoms with Crippen LogP contribution in [0.1, 0.15) is 5.56 Å². The molecule has 1 N–H and O–H groups in total. The van der Waals surface area contributed by atoms with Crippen LogP contribution in [-0.4, -0.2) is 5.91 Å². The van der Waals surface area contributed by atoms with Crippen molar-refractivity contribution in [1.82, 2.24) is 0 Å². The lowest BCUT2D eigenvalue weighted by Gasteiger charge is -2.08. The molecular formula is C15H11NO. The van der Waals surface area contributed by atoms with Gasteiger partial charge < -0.3 is 5.32 Å². The summed E-state index contributed by atoms with van der Waals surface area (Å²) in [6, 6.07) is 15.7.